The van der Waals surface area contributed by atoms with Gasteiger partial charge in [-0.15, -0.1) is 0 Å². The van der Waals surface area contributed by atoms with Gasteiger partial charge in [-0.2, -0.15) is 0 Å². The highest BCUT2D eigenvalue weighted by atomic mass is 16.6. The van der Waals surface area contributed by atoms with E-state index >= 15 is 0 Å². The zero-order chi connectivity index (χ0) is 16.7. The Labute approximate surface area is 141 Å². The van der Waals surface area contributed by atoms with Crippen LogP contribution in [-0.4, -0.2) is 43.4 Å². The summed E-state index contributed by atoms with van der Waals surface area (Å²) in [7, 11) is 0. The van der Waals surface area contributed by atoms with Crippen LogP contribution in [0.15, 0.2) is 0 Å². The summed E-state index contributed by atoms with van der Waals surface area (Å²) in [4.78, 5) is 11.9. The predicted octanol–water partition coefficient (Wildman–Crippen LogP) is 2.80. The van der Waals surface area contributed by atoms with Crippen molar-refractivity contribution in [3.8, 4) is 0 Å². The fraction of sp³-hybridized carbons (Fsp3) is 0.944. The summed E-state index contributed by atoms with van der Waals surface area (Å²) in [5, 5.41) is 10.3. The van der Waals surface area contributed by atoms with E-state index in [0.717, 1.165) is 19.6 Å². The van der Waals surface area contributed by atoms with Gasteiger partial charge in [0.2, 0.25) is 0 Å². The summed E-state index contributed by atoms with van der Waals surface area (Å²) in [5.74, 6) is 0.521. The molecule has 5 heteroatoms. The monoisotopic (exact) mass is 325 g/mol. The molecule has 1 heterocycles. The normalized spacial score (nSPS) is 29.6. The van der Waals surface area contributed by atoms with E-state index in [9.17, 15) is 4.79 Å². The molecule has 5 nitrogen and oxygen atoms in total. The van der Waals surface area contributed by atoms with Crippen LogP contribution in [0, 0.1) is 5.92 Å². The van der Waals surface area contributed by atoms with Crippen LogP contribution >= 0.6 is 0 Å². The topological polar surface area (TPSA) is 62.4 Å². The second-order valence-corrected chi connectivity index (χ2v) is 8.08. The Hall–Kier alpha value is -0.810. The summed E-state index contributed by atoms with van der Waals surface area (Å²) in [6.45, 7) is 8.68. The number of hydrogen-bond acceptors (Lipinski definition) is 4. The first kappa shape index (κ1) is 18.5. The molecule has 3 N–H and O–H groups in total. The third-order valence-corrected chi connectivity index (χ3v) is 4.84. The number of ether oxygens (including phenoxy) is 1. The Balaban J connectivity index is 1.79. The van der Waals surface area contributed by atoms with Crippen LogP contribution in [0.2, 0.25) is 0 Å². The van der Waals surface area contributed by atoms with Crippen LogP contribution in [0.3, 0.4) is 0 Å². The average molecular weight is 325 g/mol. The molecule has 2 aliphatic rings. The Morgan fingerprint density at radius 3 is 2.65 bits per heavy atom. The quantitative estimate of drug-likeness (QED) is 0.744. The average Bonchev–Trinajstić information content (AvgIpc) is 2.73. The van der Waals surface area contributed by atoms with E-state index in [1.807, 2.05) is 20.8 Å². The largest absolute Gasteiger partial charge is 0.444 e. The first-order valence-corrected chi connectivity index (χ1v) is 9.37. The lowest BCUT2D eigenvalue weighted by Gasteiger charge is -2.35. The zero-order valence-corrected chi connectivity index (χ0v) is 15.1. The maximum atomic E-state index is 11.9. The molecule has 2 rings (SSSR count). The molecule has 1 aliphatic carbocycles. The molecule has 1 saturated carbocycles. The summed E-state index contributed by atoms with van der Waals surface area (Å²) in [6, 6.07) is 1.15. The van der Waals surface area contributed by atoms with Crippen LogP contribution < -0.4 is 16.0 Å². The highest BCUT2D eigenvalue weighted by Gasteiger charge is 2.28. The predicted molar refractivity (Wildman–Crippen MR) is 93.6 cm³/mol. The lowest BCUT2D eigenvalue weighted by molar-refractivity contribution is 0.0509. The second-order valence-electron chi connectivity index (χ2n) is 8.08. The minimum absolute atomic E-state index is 0.291. The fourth-order valence-corrected chi connectivity index (χ4v) is 3.69. The van der Waals surface area contributed by atoms with Gasteiger partial charge < -0.3 is 20.7 Å². The molecule has 0 radical (unpaired) electrons. The highest BCUT2D eigenvalue weighted by Crippen LogP contribution is 2.25. The van der Waals surface area contributed by atoms with E-state index in [1.54, 1.807) is 0 Å². The van der Waals surface area contributed by atoms with Crippen LogP contribution in [0.5, 0.6) is 0 Å². The molecule has 1 aliphatic heterocycles. The van der Waals surface area contributed by atoms with Crippen molar-refractivity contribution in [2.24, 2.45) is 5.92 Å². The van der Waals surface area contributed by atoms with Crippen LogP contribution in [0.25, 0.3) is 0 Å². The molecular formula is C18H35N3O2. The zero-order valence-electron chi connectivity index (χ0n) is 15.1. The van der Waals surface area contributed by atoms with Gasteiger partial charge in [-0.25, -0.2) is 4.79 Å². The molecule has 3 atom stereocenters. The van der Waals surface area contributed by atoms with Gasteiger partial charge in [0, 0.05) is 18.6 Å². The molecular weight excluding hydrogens is 290 g/mol. The van der Waals surface area contributed by atoms with Crippen molar-refractivity contribution in [2.75, 3.05) is 19.6 Å². The number of carbonyl (C=O) groups excluding carboxylic acids is 1. The van der Waals surface area contributed by atoms with E-state index in [-0.39, 0.29) is 6.09 Å². The van der Waals surface area contributed by atoms with Crippen LogP contribution in [0.1, 0.15) is 65.7 Å². The minimum atomic E-state index is -0.429. The van der Waals surface area contributed by atoms with Gasteiger partial charge in [-0.1, -0.05) is 12.8 Å². The van der Waals surface area contributed by atoms with Crippen molar-refractivity contribution in [1.82, 2.24) is 16.0 Å². The summed E-state index contributed by atoms with van der Waals surface area (Å²) < 4.78 is 5.35. The molecule has 0 aromatic heterocycles. The summed E-state index contributed by atoms with van der Waals surface area (Å²) in [6.07, 6.45) is 8.42. The van der Waals surface area contributed by atoms with Gasteiger partial charge in [0.25, 0.3) is 0 Å². The number of nitrogens with one attached hydrogen (secondary N) is 3. The van der Waals surface area contributed by atoms with Gasteiger partial charge in [-0.3, -0.25) is 0 Å². The number of carbonyl (C=O) groups is 1. The molecule has 23 heavy (non-hydrogen) atoms. The van der Waals surface area contributed by atoms with Gasteiger partial charge in [0.1, 0.15) is 5.60 Å². The summed E-state index contributed by atoms with van der Waals surface area (Å²) in [5.41, 5.74) is -0.429. The summed E-state index contributed by atoms with van der Waals surface area (Å²) >= 11 is 0. The maximum absolute atomic E-state index is 11.9. The minimum Gasteiger partial charge on any atom is -0.444 e. The number of rotatable bonds is 4. The van der Waals surface area contributed by atoms with Crippen LogP contribution in [0.4, 0.5) is 4.79 Å². The molecule has 0 aromatic rings. The number of amides is 1. The second kappa shape index (κ2) is 8.88. The van der Waals surface area contributed by atoms with Gasteiger partial charge >= 0.3 is 6.09 Å². The third kappa shape index (κ3) is 7.08. The Morgan fingerprint density at radius 1 is 1.09 bits per heavy atom. The van der Waals surface area contributed by atoms with Crippen molar-refractivity contribution in [3.63, 3.8) is 0 Å². The van der Waals surface area contributed by atoms with Crippen LogP contribution in [-0.2, 0) is 4.74 Å². The standard InChI is InChI=1S/C18H35N3O2/c1-18(2,3)23-17(22)20-13-14-7-4-5-9-16(14)21-15-8-6-11-19-12-10-15/h14-16,19,21H,4-13H2,1-3H3,(H,20,22). The number of hydrogen-bond donors (Lipinski definition) is 3. The highest BCUT2D eigenvalue weighted by molar-refractivity contribution is 5.67. The van der Waals surface area contributed by atoms with Gasteiger partial charge in [0.05, 0.1) is 0 Å². The number of alkyl carbamates (subject to hydrolysis) is 1. The third-order valence-electron chi connectivity index (χ3n) is 4.84. The molecule has 1 saturated heterocycles. The Morgan fingerprint density at radius 2 is 1.87 bits per heavy atom. The lowest BCUT2D eigenvalue weighted by Crippen LogP contribution is -2.48. The molecule has 1 amide bonds. The van der Waals surface area contributed by atoms with Crippen molar-refractivity contribution < 1.29 is 9.53 Å². The lowest BCUT2D eigenvalue weighted by atomic mass is 9.83. The van der Waals surface area contributed by atoms with E-state index in [1.165, 1.54) is 44.9 Å². The molecule has 0 bridgehead atoms. The molecule has 2 fully saturated rings. The van der Waals surface area contributed by atoms with E-state index in [2.05, 4.69) is 16.0 Å². The van der Waals surface area contributed by atoms with E-state index in [4.69, 9.17) is 4.74 Å². The van der Waals surface area contributed by atoms with Gasteiger partial charge in [-0.05, 0) is 71.9 Å². The molecule has 134 valence electrons. The smallest absolute Gasteiger partial charge is 0.407 e. The SMILES string of the molecule is CC(C)(C)OC(=O)NCC1CCCCC1NC1CCCNCC1. The maximum Gasteiger partial charge on any atom is 0.407 e. The Kier molecular flexibility index (Phi) is 7.15. The molecule has 0 spiro atoms. The van der Waals surface area contributed by atoms with Crippen molar-refractivity contribution in [1.29, 1.82) is 0 Å². The van der Waals surface area contributed by atoms with Gasteiger partial charge in [0.15, 0.2) is 0 Å². The Bertz CT molecular complexity index is 360. The van der Waals surface area contributed by atoms with Crippen molar-refractivity contribution >= 4 is 6.09 Å². The van der Waals surface area contributed by atoms with Crippen molar-refractivity contribution in [2.45, 2.75) is 83.4 Å². The van der Waals surface area contributed by atoms with E-state index < -0.39 is 5.60 Å². The first-order valence-electron chi connectivity index (χ1n) is 9.37. The first-order chi connectivity index (χ1) is 10.9. The molecule has 3 unspecified atom stereocenters. The van der Waals surface area contributed by atoms with Crippen molar-refractivity contribution in [3.05, 3.63) is 0 Å². The molecule has 0 aromatic carbocycles. The van der Waals surface area contributed by atoms with E-state index in [0.29, 0.717) is 18.0 Å². The fourth-order valence-electron chi connectivity index (χ4n) is 3.69.